The molecular formula is C9H14F3NO4. The van der Waals surface area contributed by atoms with Crippen molar-refractivity contribution in [3.8, 4) is 0 Å². The lowest BCUT2D eigenvalue weighted by atomic mass is 9.99. The Morgan fingerprint density at radius 2 is 2.12 bits per heavy atom. The Morgan fingerprint density at radius 1 is 1.53 bits per heavy atom. The normalized spacial score (nSPS) is 34.5. The summed E-state index contributed by atoms with van der Waals surface area (Å²) >= 11 is 0. The molecule has 0 aliphatic carbocycles. The van der Waals surface area contributed by atoms with E-state index in [1.807, 2.05) is 0 Å². The summed E-state index contributed by atoms with van der Waals surface area (Å²) in [4.78, 5) is 10.8. The largest absolute Gasteiger partial charge is 0.471 e. The predicted octanol–water partition coefficient (Wildman–Crippen LogP) is 0.176. The molecule has 0 aromatic heterocycles. The third-order valence-corrected chi connectivity index (χ3v) is 2.54. The first-order valence-corrected chi connectivity index (χ1v) is 4.99. The lowest BCUT2D eigenvalue weighted by Gasteiger charge is -2.37. The summed E-state index contributed by atoms with van der Waals surface area (Å²) in [5, 5.41) is 11.3. The van der Waals surface area contributed by atoms with E-state index in [9.17, 15) is 23.1 Å². The molecule has 1 saturated heterocycles. The molecule has 2 unspecified atom stereocenters. The number of amides is 1. The van der Waals surface area contributed by atoms with Crippen LogP contribution in [0, 0.1) is 0 Å². The third-order valence-electron chi connectivity index (χ3n) is 2.54. The van der Waals surface area contributed by atoms with E-state index >= 15 is 0 Å². The standard InChI is InChI=1S/C9H14F3NO4/c1-4-7(14)5(3-6(16-2)17-4)13-8(15)9(10,11)12/h4-7,14H,3H2,1-2H3,(H,13,15)/t4?,5?,6-,7+/m0/s1. The van der Waals surface area contributed by atoms with Gasteiger partial charge in [0.05, 0.1) is 12.1 Å². The zero-order valence-electron chi connectivity index (χ0n) is 9.32. The fourth-order valence-electron chi connectivity index (χ4n) is 1.60. The van der Waals surface area contributed by atoms with E-state index in [2.05, 4.69) is 0 Å². The van der Waals surface area contributed by atoms with Crippen LogP contribution in [0.2, 0.25) is 0 Å². The van der Waals surface area contributed by atoms with E-state index in [-0.39, 0.29) is 6.42 Å². The van der Waals surface area contributed by atoms with E-state index in [1.165, 1.54) is 14.0 Å². The van der Waals surface area contributed by atoms with Crippen LogP contribution in [0.25, 0.3) is 0 Å². The molecule has 0 spiro atoms. The second kappa shape index (κ2) is 5.19. The Kier molecular flexibility index (Phi) is 4.34. The number of rotatable bonds is 2. The van der Waals surface area contributed by atoms with Gasteiger partial charge in [-0.25, -0.2) is 0 Å². The van der Waals surface area contributed by atoms with Gasteiger partial charge in [-0.3, -0.25) is 4.79 Å². The number of alkyl halides is 3. The zero-order chi connectivity index (χ0) is 13.2. The van der Waals surface area contributed by atoms with Crippen molar-refractivity contribution in [2.75, 3.05) is 7.11 Å². The molecule has 1 fully saturated rings. The molecule has 2 N–H and O–H groups in total. The van der Waals surface area contributed by atoms with Gasteiger partial charge in [0.25, 0.3) is 0 Å². The van der Waals surface area contributed by atoms with Crippen LogP contribution >= 0.6 is 0 Å². The van der Waals surface area contributed by atoms with Gasteiger partial charge in [0.2, 0.25) is 0 Å². The Balaban J connectivity index is 2.65. The molecule has 5 nitrogen and oxygen atoms in total. The molecule has 0 aromatic rings. The molecule has 1 rings (SSSR count). The maximum absolute atomic E-state index is 12.1. The van der Waals surface area contributed by atoms with Crippen LogP contribution in [-0.4, -0.2) is 48.8 Å². The second-order valence-corrected chi connectivity index (χ2v) is 3.81. The summed E-state index contributed by atoms with van der Waals surface area (Å²) in [7, 11) is 1.33. The minimum atomic E-state index is -4.97. The smallest absolute Gasteiger partial charge is 0.388 e. The summed E-state index contributed by atoms with van der Waals surface area (Å²) in [6, 6.07) is -1.04. The van der Waals surface area contributed by atoms with Crippen molar-refractivity contribution >= 4 is 5.91 Å². The number of hydrogen-bond acceptors (Lipinski definition) is 4. The van der Waals surface area contributed by atoms with Gasteiger partial charge in [-0.15, -0.1) is 0 Å². The molecule has 0 radical (unpaired) electrons. The van der Waals surface area contributed by atoms with Crippen LogP contribution < -0.4 is 5.32 Å². The SMILES string of the molecule is CO[C@@H]1CC(NC(=O)C(F)(F)F)[C@H](O)C(C)O1. The van der Waals surface area contributed by atoms with Crippen LogP contribution in [0.3, 0.4) is 0 Å². The van der Waals surface area contributed by atoms with Crippen LogP contribution in [0.1, 0.15) is 13.3 Å². The molecule has 17 heavy (non-hydrogen) atoms. The highest BCUT2D eigenvalue weighted by Gasteiger charge is 2.43. The molecular weight excluding hydrogens is 243 g/mol. The van der Waals surface area contributed by atoms with Crippen molar-refractivity contribution < 1.29 is 32.5 Å². The molecule has 1 heterocycles. The summed E-state index contributed by atoms with van der Waals surface area (Å²) in [5.41, 5.74) is 0. The molecule has 100 valence electrons. The maximum atomic E-state index is 12.1. The van der Waals surface area contributed by atoms with E-state index in [0.717, 1.165) is 0 Å². The van der Waals surface area contributed by atoms with Crippen molar-refractivity contribution in [1.29, 1.82) is 0 Å². The first kappa shape index (κ1) is 14.2. The highest BCUT2D eigenvalue weighted by atomic mass is 19.4. The molecule has 8 heteroatoms. The molecule has 0 aromatic carbocycles. The Bertz CT molecular complexity index is 284. The van der Waals surface area contributed by atoms with Crippen LogP contribution in [-0.2, 0) is 14.3 Å². The molecule has 1 aliphatic heterocycles. The van der Waals surface area contributed by atoms with E-state index in [4.69, 9.17) is 9.47 Å². The van der Waals surface area contributed by atoms with Crippen molar-refractivity contribution in [2.24, 2.45) is 0 Å². The molecule has 1 aliphatic rings. The third kappa shape index (κ3) is 3.55. The number of carbonyl (C=O) groups excluding carboxylic acids is 1. The molecule has 4 atom stereocenters. The van der Waals surface area contributed by atoms with E-state index < -0.39 is 36.6 Å². The zero-order valence-corrected chi connectivity index (χ0v) is 9.32. The van der Waals surface area contributed by atoms with Crippen LogP contribution in [0.4, 0.5) is 13.2 Å². The first-order valence-electron chi connectivity index (χ1n) is 4.99. The molecule has 0 saturated carbocycles. The number of halogens is 3. The number of aliphatic hydroxyl groups excluding tert-OH is 1. The Hall–Kier alpha value is -0.860. The van der Waals surface area contributed by atoms with Crippen molar-refractivity contribution in [3.63, 3.8) is 0 Å². The van der Waals surface area contributed by atoms with Gasteiger partial charge in [0.15, 0.2) is 6.29 Å². The average Bonchev–Trinajstić information content (AvgIpc) is 2.22. The second-order valence-electron chi connectivity index (χ2n) is 3.81. The highest BCUT2D eigenvalue weighted by Crippen LogP contribution is 2.22. The van der Waals surface area contributed by atoms with Crippen LogP contribution in [0.15, 0.2) is 0 Å². The lowest BCUT2D eigenvalue weighted by molar-refractivity contribution is -0.218. The van der Waals surface area contributed by atoms with Gasteiger partial charge in [-0.1, -0.05) is 0 Å². The van der Waals surface area contributed by atoms with Crippen molar-refractivity contribution in [3.05, 3.63) is 0 Å². The summed E-state index contributed by atoms with van der Waals surface area (Å²) < 4.78 is 46.1. The van der Waals surface area contributed by atoms with Gasteiger partial charge >= 0.3 is 12.1 Å². The quantitative estimate of drug-likeness (QED) is 0.740. The van der Waals surface area contributed by atoms with E-state index in [0.29, 0.717) is 0 Å². The Morgan fingerprint density at radius 3 is 2.59 bits per heavy atom. The average molecular weight is 257 g/mol. The predicted molar refractivity (Wildman–Crippen MR) is 50.0 cm³/mol. The first-order chi connectivity index (χ1) is 7.75. The minimum absolute atomic E-state index is 0.0379. The highest BCUT2D eigenvalue weighted by molar-refractivity contribution is 5.82. The van der Waals surface area contributed by atoms with E-state index in [1.54, 1.807) is 5.32 Å². The van der Waals surface area contributed by atoms with Gasteiger partial charge < -0.3 is 19.9 Å². The summed E-state index contributed by atoms with van der Waals surface area (Å²) in [6.07, 6.45) is -7.67. The van der Waals surface area contributed by atoms with Crippen molar-refractivity contribution in [2.45, 2.75) is 44.1 Å². The Labute approximate surface area is 95.9 Å². The molecule has 1 amide bonds. The van der Waals surface area contributed by atoms with Gasteiger partial charge in [0, 0.05) is 13.5 Å². The van der Waals surface area contributed by atoms with Crippen LogP contribution in [0.5, 0.6) is 0 Å². The summed E-state index contributed by atoms with van der Waals surface area (Å²) in [6.45, 7) is 1.49. The molecule has 0 bridgehead atoms. The monoisotopic (exact) mass is 257 g/mol. The number of carbonyl (C=O) groups is 1. The number of aliphatic hydroxyl groups is 1. The minimum Gasteiger partial charge on any atom is -0.388 e. The fraction of sp³-hybridized carbons (Fsp3) is 0.889. The van der Waals surface area contributed by atoms with Gasteiger partial charge in [-0.05, 0) is 6.92 Å². The van der Waals surface area contributed by atoms with Gasteiger partial charge in [0.1, 0.15) is 6.10 Å². The number of hydrogen-bond donors (Lipinski definition) is 2. The topological polar surface area (TPSA) is 67.8 Å². The maximum Gasteiger partial charge on any atom is 0.471 e. The van der Waals surface area contributed by atoms with Crippen molar-refractivity contribution in [1.82, 2.24) is 5.32 Å². The van der Waals surface area contributed by atoms with Gasteiger partial charge in [-0.2, -0.15) is 13.2 Å². The number of nitrogens with one attached hydrogen (secondary N) is 1. The fourth-order valence-corrected chi connectivity index (χ4v) is 1.60. The summed E-state index contributed by atoms with van der Waals surface area (Å²) in [5.74, 6) is -2.08. The number of methoxy groups -OCH3 is 1. The number of ether oxygens (including phenoxy) is 2. The lowest BCUT2D eigenvalue weighted by Crippen LogP contribution is -2.57.